The first kappa shape index (κ1) is 23.3. The van der Waals surface area contributed by atoms with E-state index in [1.54, 1.807) is 30.3 Å². The molecule has 0 bridgehead atoms. The van der Waals surface area contributed by atoms with Crippen molar-refractivity contribution in [2.24, 2.45) is 4.99 Å². The predicted octanol–water partition coefficient (Wildman–Crippen LogP) is 4.18. The minimum atomic E-state index is -1.05. The van der Waals surface area contributed by atoms with E-state index in [1.807, 2.05) is 35.2 Å². The molecule has 3 aromatic carbocycles. The monoisotopic (exact) mass is 482 g/mol. The number of nitrogens with one attached hydrogen (secondary N) is 2. The van der Waals surface area contributed by atoms with E-state index in [0.29, 0.717) is 40.0 Å². The highest BCUT2D eigenvalue weighted by molar-refractivity contribution is 6.22. The fourth-order valence-electron chi connectivity index (χ4n) is 4.46. The van der Waals surface area contributed by atoms with Crippen LogP contribution in [0.4, 0.5) is 5.69 Å². The van der Waals surface area contributed by atoms with Gasteiger partial charge in [0.05, 0.1) is 22.5 Å². The van der Waals surface area contributed by atoms with Crippen molar-refractivity contribution in [3.8, 4) is 5.88 Å². The average Bonchev–Trinajstić information content (AvgIpc) is 3.05. The second-order valence-electron chi connectivity index (χ2n) is 8.68. The van der Waals surface area contributed by atoms with Crippen LogP contribution in [-0.4, -0.2) is 63.9 Å². The van der Waals surface area contributed by atoms with Crippen LogP contribution in [0.15, 0.2) is 77.8 Å². The van der Waals surface area contributed by atoms with E-state index in [-0.39, 0.29) is 17.4 Å². The number of carboxylic acid groups (broad SMARTS) is 1. The molecule has 1 aliphatic rings. The molecule has 1 saturated heterocycles. The molecule has 0 atom stereocenters. The lowest BCUT2D eigenvalue weighted by Gasteiger charge is -2.20. The zero-order chi connectivity index (χ0) is 25.1. The number of fused-ring (bicyclic) bond motifs is 1. The van der Waals surface area contributed by atoms with Gasteiger partial charge in [-0.25, -0.2) is 9.79 Å². The molecule has 1 aromatic heterocycles. The normalized spacial score (nSPS) is 14.6. The third-order valence-corrected chi connectivity index (χ3v) is 6.29. The maximum atomic E-state index is 12.9. The minimum absolute atomic E-state index is 0.000945. The molecular formula is C28H26N4O4. The summed E-state index contributed by atoms with van der Waals surface area (Å²) in [4.78, 5) is 33.9. The van der Waals surface area contributed by atoms with Gasteiger partial charge in [-0.3, -0.25) is 4.79 Å². The van der Waals surface area contributed by atoms with Crippen molar-refractivity contribution in [3.05, 3.63) is 95.1 Å². The number of aromatic amines is 1. The number of rotatable bonds is 5. The van der Waals surface area contributed by atoms with Crippen LogP contribution in [0.3, 0.4) is 0 Å². The summed E-state index contributed by atoms with van der Waals surface area (Å²) in [6, 6.07) is 21.3. The molecule has 2 heterocycles. The Bertz CT molecular complexity index is 1430. The van der Waals surface area contributed by atoms with E-state index in [2.05, 4.69) is 10.3 Å². The third kappa shape index (κ3) is 4.71. The zero-order valence-corrected chi connectivity index (χ0v) is 19.6. The maximum absolute atomic E-state index is 12.9. The Kier molecular flexibility index (Phi) is 6.51. The fourth-order valence-corrected chi connectivity index (χ4v) is 4.46. The summed E-state index contributed by atoms with van der Waals surface area (Å²) in [6.07, 6.45) is 0.927. The van der Waals surface area contributed by atoms with Crippen molar-refractivity contribution in [1.82, 2.24) is 15.2 Å². The van der Waals surface area contributed by atoms with Gasteiger partial charge in [-0.05, 0) is 49.4 Å². The van der Waals surface area contributed by atoms with Gasteiger partial charge in [-0.2, -0.15) is 0 Å². The molecule has 8 heteroatoms. The largest absolute Gasteiger partial charge is 0.494 e. The van der Waals surface area contributed by atoms with Crippen LogP contribution < -0.4 is 5.32 Å². The summed E-state index contributed by atoms with van der Waals surface area (Å²) in [5, 5.41) is 24.1. The Morgan fingerprint density at radius 1 is 0.861 bits per heavy atom. The first-order valence-corrected chi connectivity index (χ1v) is 11.8. The summed E-state index contributed by atoms with van der Waals surface area (Å²) in [5.74, 6) is -1.15. The quantitative estimate of drug-likeness (QED) is 0.318. The first-order chi connectivity index (χ1) is 17.5. The Morgan fingerprint density at radius 3 is 2.36 bits per heavy atom. The maximum Gasteiger partial charge on any atom is 0.335 e. The lowest BCUT2D eigenvalue weighted by molar-refractivity contribution is 0.0696. The fraction of sp³-hybridized carbons (Fsp3) is 0.179. The van der Waals surface area contributed by atoms with E-state index < -0.39 is 5.97 Å². The van der Waals surface area contributed by atoms with Gasteiger partial charge < -0.3 is 25.4 Å². The van der Waals surface area contributed by atoms with E-state index in [0.717, 1.165) is 31.6 Å². The van der Waals surface area contributed by atoms with Crippen molar-refractivity contribution < 1.29 is 19.8 Å². The SMILES string of the molecule is O=C(O)c1ccc2c(C(=Nc3ccc(C(=O)N4CCCNCC4)cc3)c3ccccc3)c(O)[nH]c2c1. The number of aromatic hydroxyl groups is 1. The predicted molar refractivity (Wildman–Crippen MR) is 138 cm³/mol. The Morgan fingerprint density at radius 2 is 1.61 bits per heavy atom. The van der Waals surface area contributed by atoms with Gasteiger partial charge in [0.1, 0.15) is 0 Å². The second kappa shape index (κ2) is 10.1. The number of benzene rings is 3. The van der Waals surface area contributed by atoms with Gasteiger partial charge in [0, 0.05) is 41.7 Å². The number of carboxylic acids is 1. The van der Waals surface area contributed by atoms with Gasteiger partial charge >= 0.3 is 5.97 Å². The van der Waals surface area contributed by atoms with Crippen molar-refractivity contribution >= 4 is 34.2 Å². The third-order valence-electron chi connectivity index (χ3n) is 6.29. The molecule has 0 radical (unpaired) electrons. The molecule has 182 valence electrons. The molecule has 0 aliphatic carbocycles. The topological polar surface area (TPSA) is 118 Å². The summed E-state index contributed by atoms with van der Waals surface area (Å²) in [5.41, 5.74) is 3.64. The van der Waals surface area contributed by atoms with Crippen molar-refractivity contribution in [1.29, 1.82) is 0 Å². The number of carbonyl (C=O) groups is 2. The number of hydrogen-bond donors (Lipinski definition) is 4. The highest BCUT2D eigenvalue weighted by Gasteiger charge is 2.20. The summed E-state index contributed by atoms with van der Waals surface area (Å²) < 4.78 is 0. The van der Waals surface area contributed by atoms with Crippen LogP contribution in [0.2, 0.25) is 0 Å². The Balaban J connectivity index is 1.54. The van der Waals surface area contributed by atoms with Crippen LogP contribution >= 0.6 is 0 Å². The molecule has 1 aliphatic heterocycles. The molecule has 4 aromatic rings. The number of hydrogen-bond acceptors (Lipinski definition) is 5. The Labute approximate surface area is 207 Å². The van der Waals surface area contributed by atoms with Crippen LogP contribution in [0.5, 0.6) is 5.88 Å². The van der Waals surface area contributed by atoms with E-state index in [1.165, 1.54) is 12.1 Å². The van der Waals surface area contributed by atoms with Crippen LogP contribution in [0, 0.1) is 0 Å². The molecule has 5 rings (SSSR count). The molecule has 0 unspecified atom stereocenters. The molecule has 8 nitrogen and oxygen atoms in total. The number of aliphatic imine (C=N–C) groups is 1. The lowest BCUT2D eigenvalue weighted by Crippen LogP contribution is -2.34. The zero-order valence-electron chi connectivity index (χ0n) is 19.6. The number of aromatic nitrogens is 1. The van der Waals surface area contributed by atoms with E-state index >= 15 is 0 Å². The smallest absolute Gasteiger partial charge is 0.335 e. The first-order valence-electron chi connectivity index (χ1n) is 11.8. The van der Waals surface area contributed by atoms with Gasteiger partial charge in [0.25, 0.3) is 5.91 Å². The summed E-state index contributed by atoms with van der Waals surface area (Å²) >= 11 is 0. The molecule has 0 spiro atoms. The second-order valence-corrected chi connectivity index (χ2v) is 8.68. The van der Waals surface area contributed by atoms with Crippen molar-refractivity contribution in [2.75, 3.05) is 26.2 Å². The molecular weight excluding hydrogens is 456 g/mol. The number of aromatic carboxylic acids is 1. The van der Waals surface area contributed by atoms with Gasteiger partial charge in [-0.15, -0.1) is 0 Å². The minimum Gasteiger partial charge on any atom is -0.494 e. The average molecular weight is 483 g/mol. The number of nitrogens with zero attached hydrogens (tertiary/aromatic N) is 2. The molecule has 36 heavy (non-hydrogen) atoms. The summed E-state index contributed by atoms with van der Waals surface area (Å²) in [6.45, 7) is 3.11. The summed E-state index contributed by atoms with van der Waals surface area (Å²) in [7, 11) is 0. The lowest BCUT2D eigenvalue weighted by atomic mass is 10.00. The molecule has 0 saturated carbocycles. The standard InChI is InChI=1S/C28H26N4O4/c33-26-24(22-12-9-20(28(35)36)17-23(22)31-26)25(18-5-2-1-3-6-18)30-21-10-7-19(8-11-21)27(34)32-15-4-13-29-14-16-32/h1-3,5-12,17,29,31,33H,4,13-16H2,(H,35,36). The van der Waals surface area contributed by atoms with Crippen molar-refractivity contribution in [3.63, 3.8) is 0 Å². The highest BCUT2D eigenvalue weighted by Crippen LogP contribution is 2.32. The van der Waals surface area contributed by atoms with Crippen LogP contribution in [-0.2, 0) is 0 Å². The van der Waals surface area contributed by atoms with Gasteiger partial charge in [0.15, 0.2) is 5.88 Å². The van der Waals surface area contributed by atoms with Gasteiger partial charge in [0.2, 0.25) is 0 Å². The molecule has 1 fully saturated rings. The van der Waals surface area contributed by atoms with Crippen molar-refractivity contribution in [2.45, 2.75) is 6.42 Å². The number of H-pyrrole nitrogens is 1. The molecule has 1 amide bonds. The highest BCUT2D eigenvalue weighted by atomic mass is 16.4. The number of amides is 1. The van der Waals surface area contributed by atoms with Gasteiger partial charge in [-0.1, -0.05) is 36.4 Å². The van der Waals surface area contributed by atoms with Crippen LogP contribution in [0.1, 0.15) is 38.3 Å². The van der Waals surface area contributed by atoms with Crippen LogP contribution in [0.25, 0.3) is 10.9 Å². The van der Waals surface area contributed by atoms with E-state index in [4.69, 9.17) is 4.99 Å². The number of carbonyl (C=O) groups excluding carboxylic acids is 1. The van der Waals surface area contributed by atoms with E-state index in [9.17, 15) is 19.8 Å². The Hall–Kier alpha value is -4.43. The molecule has 4 N–H and O–H groups in total.